The predicted octanol–water partition coefficient (Wildman–Crippen LogP) is 2.74. The molecule has 0 atom stereocenters. The summed E-state index contributed by atoms with van der Waals surface area (Å²) in [6.45, 7) is 3.81. The van der Waals surface area contributed by atoms with Crippen molar-refractivity contribution in [2.75, 3.05) is 7.11 Å². The van der Waals surface area contributed by atoms with Crippen LogP contribution in [0.1, 0.15) is 18.1 Å². The molecule has 0 fully saturated rings. The van der Waals surface area contributed by atoms with Crippen molar-refractivity contribution in [1.29, 1.82) is 0 Å². The van der Waals surface area contributed by atoms with Gasteiger partial charge in [0.1, 0.15) is 0 Å². The number of ether oxygens (including phenoxy) is 1. The molecule has 0 aliphatic heterocycles. The van der Waals surface area contributed by atoms with Crippen LogP contribution in [0.3, 0.4) is 0 Å². The first kappa shape index (κ1) is 9.65. The summed E-state index contributed by atoms with van der Waals surface area (Å²) in [5, 5.41) is 9.54. The van der Waals surface area contributed by atoms with Crippen molar-refractivity contribution in [3.63, 3.8) is 0 Å². The van der Waals surface area contributed by atoms with Gasteiger partial charge in [-0.05, 0) is 37.1 Å². The summed E-state index contributed by atoms with van der Waals surface area (Å²) in [5.41, 5.74) is 1.86. The van der Waals surface area contributed by atoms with Gasteiger partial charge >= 0.3 is 0 Å². The monoisotopic (exact) mass is 178 g/mol. The molecule has 70 valence electrons. The van der Waals surface area contributed by atoms with Crippen LogP contribution in [0.5, 0.6) is 11.5 Å². The Kier molecular flexibility index (Phi) is 2.96. The van der Waals surface area contributed by atoms with Crippen LogP contribution in [-0.2, 0) is 0 Å². The molecular formula is C11H14O2. The van der Waals surface area contributed by atoms with Crippen LogP contribution in [0.25, 0.3) is 6.08 Å². The zero-order chi connectivity index (χ0) is 9.84. The summed E-state index contributed by atoms with van der Waals surface area (Å²) in [5.74, 6) is 0.740. The average molecular weight is 178 g/mol. The topological polar surface area (TPSA) is 29.5 Å². The van der Waals surface area contributed by atoms with Gasteiger partial charge in [0.2, 0.25) is 0 Å². The van der Waals surface area contributed by atoms with E-state index >= 15 is 0 Å². The molecule has 2 nitrogen and oxygen atoms in total. The van der Waals surface area contributed by atoms with Crippen LogP contribution in [0.15, 0.2) is 18.2 Å². The van der Waals surface area contributed by atoms with Gasteiger partial charge in [0, 0.05) is 0 Å². The maximum atomic E-state index is 9.54. The smallest absolute Gasteiger partial charge is 0.161 e. The zero-order valence-corrected chi connectivity index (χ0v) is 8.16. The lowest BCUT2D eigenvalue weighted by Crippen LogP contribution is -1.87. The standard InChI is InChI=1S/C11H14O2/c1-4-5-9-6-8(2)11(12)10(7-9)13-3/h4-7,12H,1-3H3/b5-4-. The highest BCUT2D eigenvalue weighted by molar-refractivity contribution is 5.58. The lowest BCUT2D eigenvalue weighted by atomic mass is 10.1. The summed E-state index contributed by atoms with van der Waals surface area (Å²) in [7, 11) is 1.55. The molecule has 0 radical (unpaired) electrons. The Morgan fingerprint density at radius 3 is 2.62 bits per heavy atom. The molecule has 0 aromatic heterocycles. The van der Waals surface area contributed by atoms with E-state index in [1.165, 1.54) is 0 Å². The summed E-state index contributed by atoms with van der Waals surface area (Å²) < 4.78 is 5.03. The van der Waals surface area contributed by atoms with Crippen LogP contribution in [0.2, 0.25) is 0 Å². The Labute approximate surface area is 78.5 Å². The first-order valence-electron chi connectivity index (χ1n) is 4.19. The Morgan fingerprint density at radius 2 is 2.08 bits per heavy atom. The van der Waals surface area contributed by atoms with E-state index in [1.807, 2.05) is 38.1 Å². The average Bonchev–Trinajstić information content (AvgIpc) is 2.11. The van der Waals surface area contributed by atoms with E-state index in [2.05, 4.69) is 0 Å². The Hall–Kier alpha value is -1.44. The number of aromatic hydroxyl groups is 1. The lowest BCUT2D eigenvalue weighted by molar-refractivity contribution is 0.371. The summed E-state index contributed by atoms with van der Waals surface area (Å²) >= 11 is 0. The SMILES string of the molecule is C/C=C\c1cc(C)c(O)c(OC)c1. The molecule has 1 aromatic rings. The molecule has 0 aliphatic rings. The van der Waals surface area contributed by atoms with Crippen LogP contribution >= 0.6 is 0 Å². The van der Waals surface area contributed by atoms with E-state index in [1.54, 1.807) is 7.11 Å². The summed E-state index contributed by atoms with van der Waals surface area (Å²) in [6, 6.07) is 3.72. The predicted molar refractivity (Wildman–Crippen MR) is 54.1 cm³/mol. The number of rotatable bonds is 2. The van der Waals surface area contributed by atoms with Crippen LogP contribution in [0.4, 0.5) is 0 Å². The molecule has 1 N–H and O–H groups in total. The van der Waals surface area contributed by atoms with E-state index in [0.717, 1.165) is 11.1 Å². The minimum Gasteiger partial charge on any atom is -0.504 e. The molecule has 0 saturated carbocycles. The summed E-state index contributed by atoms with van der Waals surface area (Å²) in [4.78, 5) is 0. The molecule has 1 rings (SSSR count). The second-order valence-electron chi connectivity index (χ2n) is 2.89. The van der Waals surface area contributed by atoms with Gasteiger partial charge in [-0.3, -0.25) is 0 Å². The van der Waals surface area contributed by atoms with E-state index < -0.39 is 0 Å². The molecule has 1 aromatic carbocycles. The highest BCUT2D eigenvalue weighted by atomic mass is 16.5. The molecular weight excluding hydrogens is 164 g/mol. The van der Waals surface area contributed by atoms with Crippen LogP contribution in [0, 0.1) is 6.92 Å². The quantitative estimate of drug-likeness (QED) is 0.754. The molecule has 2 heteroatoms. The maximum Gasteiger partial charge on any atom is 0.161 e. The van der Waals surface area contributed by atoms with Crippen LogP contribution in [-0.4, -0.2) is 12.2 Å². The number of aryl methyl sites for hydroxylation is 1. The van der Waals surface area contributed by atoms with Gasteiger partial charge in [-0.2, -0.15) is 0 Å². The number of benzene rings is 1. The third-order valence-electron chi connectivity index (χ3n) is 1.87. The third kappa shape index (κ3) is 2.02. The van der Waals surface area contributed by atoms with Gasteiger partial charge in [0.05, 0.1) is 7.11 Å². The number of hydrogen-bond acceptors (Lipinski definition) is 2. The fourth-order valence-corrected chi connectivity index (χ4v) is 1.22. The largest absolute Gasteiger partial charge is 0.504 e. The van der Waals surface area contributed by atoms with E-state index in [4.69, 9.17) is 4.74 Å². The number of allylic oxidation sites excluding steroid dienone is 1. The minimum atomic E-state index is 0.218. The highest BCUT2D eigenvalue weighted by Crippen LogP contribution is 2.31. The van der Waals surface area contributed by atoms with Gasteiger partial charge in [-0.1, -0.05) is 12.2 Å². The Morgan fingerprint density at radius 1 is 1.38 bits per heavy atom. The second-order valence-corrected chi connectivity index (χ2v) is 2.89. The van der Waals surface area contributed by atoms with Gasteiger partial charge in [0.15, 0.2) is 11.5 Å². The van der Waals surface area contributed by atoms with Crippen molar-refractivity contribution in [3.05, 3.63) is 29.3 Å². The molecule has 0 unspecified atom stereocenters. The van der Waals surface area contributed by atoms with Gasteiger partial charge in [-0.25, -0.2) is 0 Å². The van der Waals surface area contributed by atoms with Gasteiger partial charge < -0.3 is 9.84 Å². The number of phenols is 1. The van der Waals surface area contributed by atoms with E-state index in [-0.39, 0.29) is 5.75 Å². The Bertz CT molecular complexity index is 327. The highest BCUT2D eigenvalue weighted by Gasteiger charge is 2.04. The second kappa shape index (κ2) is 3.99. The number of hydrogen-bond donors (Lipinski definition) is 1. The summed E-state index contributed by atoms with van der Waals surface area (Å²) in [6.07, 6.45) is 3.92. The minimum absolute atomic E-state index is 0.218. The van der Waals surface area contributed by atoms with E-state index in [9.17, 15) is 5.11 Å². The van der Waals surface area contributed by atoms with Crippen molar-refractivity contribution in [1.82, 2.24) is 0 Å². The molecule has 0 bridgehead atoms. The van der Waals surface area contributed by atoms with Gasteiger partial charge in [0.25, 0.3) is 0 Å². The molecule has 13 heavy (non-hydrogen) atoms. The molecule has 0 saturated heterocycles. The number of phenolic OH excluding ortho intramolecular Hbond substituents is 1. The molecule has 0 amide bonds. The third-order valence-corrected chi connectivity index (χ3v) is 1.87. The molecule has 0 spiro atoms. The van der Waals surface area contributed by atoms with Gasteiger partial charge in [-0.15, -0.1) is 0 Å². The Balaban J connectivity index is 3.21. The van der Waals surface area contributed by atoms with Crippen molar-refractivity contribution < 1.29 is 9.84 Å². The van der Waals surface area contributed by atoms with Crippen molar-refractivity contribution in [3.8, 4) is 11.5 Å². The fourth-order valence-electron chi connectivity index (χ4n) is 1.22. The number of methoxy groups -OCH3 is 1. The van der Waals surface area contributed by atoms with Crippen molar-refractivity contribution >= 4 is 6.08 Å². The van der Waals surface area contributed by atoms with Crippen molar-refractivity contribution in [2.45, 2.75) is 13.8 Å². The van der Waals surface area contributed by atoms with Crippen molar-refractivity contribution in [2.24, 2.45) is 0 Å². The molecule has 0 aliphatic carbocycles. The zero-order valence-electron chi connectivity index (χ0n) is 8.16. The van der Waals surface area contributed by atoms with E-state index in [0.29, 0.717) is 5.75 Å². The normalized spacial score (nSPS) is 10.7. The van der Waals surface area contributed by atoms with Crippen LogP contribution < -0.4 is 4.74 Å². The molecule has 0 heterocycles. The first-order chi connectivity index (χ1) is 6.19. The first-order valence-corrected chi connectivity index (χ1v) is 4.19. The lowest BCUT2D eigenvalue weighted by Gasteiger charge is -2.07. The fraction of sp³-hybridized carbons (Fsp3) is 0.273. The maximum absolute atomic E-state index is 9.54.